The minimum absolute atomic E-state index is 0.00954. The number of hydrogen-bond donors (Lipinski definition) is 3. The molecule has 0 spiro atoms. The van der Waals surface area contributed by atoms with Crippen LogP contribution in [0.3, 0.4) is 0 Å². The van der Waals surface area contributed by atoms with E-state index in [0.717, 1.165) is 0 Å². The molecule has 0 saturated carbocycles. The highest BCUT2D eigenvalue weighted by atomic mass is 16.3. The van der Waals surface area contributed by atoms with Gasteiger partial charge in [-0.2, -0.15) is 0 Å². The Morgan fingerprint density at radius 2 is 1.89 bits per heavy atom. The van der Waals surface area contributed by atoms with E-state index in [2.05, 4.69) is 10.6 Å². The van der Waals surface area contributed by atoms with Gasteiger partial charge in [-0.15, -0.1) is 0 Å². The van der Waals surface area contributed by atoms with E-state index in [1.54, 1.807) is 0 Å². The van der Waals surface area contributed by atoms with Crippen molar-refractivity contribution in [2.75, 3.05) is 13.2 Å². The average Bonchev–Trinajstić information content (AvgIpc) is 2.30. The summed E-state index contributed by atoms with van der Waals surface area (Å²) in [5.41, 5.74) is -0.396. The normalized spacial score (nSPS) is 12.9. The summed E-state index contributed by atoms with van der Waals surface area (Å²) in [5, 5.41) is 14.5. The second-order valence-corrected chi connectivity index (χ2v) is 5.46. The molecular weight excluding hydrogens is 232 g/mol. The molecular formula is C13H26N2O3. The van der Waals surface area contributed by atoms with E-state index in [-0.39, 0.29) is 24.5 Å². The maximum Gasteiger partial charge on any atom is 0.225 e. The smallest absolute Gasteiger partial charge is 0.225 e. The van der Waals surface area contributed by atoms with Gasteiger partial charge in [0.1, 0.15) is 0 Å². The van der Waals surface area contributed by atoms with Crippen LogP contribution < -0.4 is 10.6 Å². The third-order valence-corrected chi connectivity index (χ3v) is 2.63. The van der Waals surface area contributed by atoms with Gasteiger partial charge in [0.25, 0.3) is 0 Å². The van der Waals surface area contributed by atoms with Gasteiger partial charge >= 0.3 is 0 Å². The van der Waals surface area contributed by atoms with Gasteiger partial charge in [-0.3, -0.25) is 9.59 Å². The van der Waals surface area contributed by atoms with Crippen molar-refractivity contribution < 1.29 is 14.7 Å². The number of hydrogen-bond acceptors (Lipinski definition) is 3. The zero-order valence-corrected chi connectivity index (χ0v) is 11.9. The minimum atomic E-state index is -0.396. The summed E-state index contributed by atoms with van der Waals surface area (Å²) in [6.07, 6.45) is 1.68. The fourth-order valence-corrected chi connectivity index (χ4v) is 1.29. The number of aliphatic hydroxyl groups is 1. The van der Waals surface area contributed by atoms with Crippen LogP contribution in [0.5, 0.6) is 0 Å². The first-order valence-electron chi connectivity index (χ1n) is 6.49. The highest BCUT2D eigenvalue weighted by Gasteiger charge is 2.20. The van der Waals surface area contributed by atoms with E-state index in [1.807, 2.05) is 27.7 Å². The molecule has 0 aromatic carbocycles. The summed E-state index contributed by atoms with van der Waals surface area (Å²) in [6, 6.07) is -0.165. The Balaban J connectivity index is 3.73. The van der Waals surface area contributed by atoms with E-state index in [0.29, 0.717) is 25.8 Å². The number of rotatable bonds is 7. The number of aliphatic hydroxyl groups excluding tert-OH is 1. The molecule has 0 rings (SSSR count). The SMILES string of the molecule is CC[C@H](CO)NC(=O)CCCNC(=O)C(C)(C)C. The van der Waals surface area contributed by atoms with Gasteiger partial charge in [-0.25, -0.2) is 0 Å². The fourth-order valence-electron chi connectivity index (χ4n) is 1.29. The summed E-state index contributed by atoms with van der Waals surface area (Å²) < 4.78 is 0. The van der Waals surface area contributed by atoms with Crippen molar-refractivity contribution in [2.45, 2.75) is 53.0 Å². The molecule has 0 unspecified atom stereocenters. The molecule has 0 aliphatic rings. The molecule has 3 N–H and O–H groups in total. The highest BCUT2D eigenvalue weighted by Crippen LogP contribution is 2.12. The monoisotopic (exact) mass is 258 g/mol. The molecule has 1 atom stereocenters. The molecule has 0 aliphatic carbocycles. The van der Waals surface area contributed by atoms with Gasteiger partial charge in [-0.05, 0) is 12.8 Å². The number of carbonyl (C=O) groups is 2. The fraction of sp³-hybridized carbons (Fsp3) is 0.846. The van der Waals surface area contributed by atoms with Crippen molar-refractivity contribution in [1.82, 2.24) is 10.6 Å². The lowest BCUT2D eigenvalue weighted by molar-refractivity contribution is -0.128. The Bertz CT molecular complexity index is 268. The highest BCUT2D eigenvalue weighted by molar-refractivity contribution is 5.81. The summed E-state index contributed by atoms with van der Waals surface area (Å²) in [5.74, 6) is -0.0920. The topological polar surface area (TPSA) is 78.4 Å². The van der Waals surface area contributed by atoms with Crippen molar-refractivity contribution >= 4 is 11.8 Å². The van der Waals surface area contributed by atoms with E-state index in [9.17, 15) is 9.59 Å². The summed E-state index contributed by atoms with van der Waals surface area (Å²) in [7, 11) is 0. The molecule has 0 bridgehead atoms. The third kappa shape index (κ3) is 7.27. The third-order valence-electron chi connectivity index (χ3n) is 2.63. The van der Waals surface area contributed by atoms with Crippen LogP contribution in [0.15, 0.2) is 0 Å². The second kappa shape index (κ2) is 8.08. The second-order valence-electron chi connectivity index (χ2n) is 5.46. The predicted molar refractivity (Wildman–Crippen MR) is 71.0 cm³/mol. The van der Waals surface area contributed by atoms with Crippen LogP contribution in [-0.4, -0.2) is 36.1 Å². The van der Waals surface area contributed by atoms with Gasteiger partial charge in [-0.1, -0.05) is 27.7 Å². The first-order valence-corrected chi connectivity index (χ1v) is 6.49. The maximum absolute atomic E-state index is 11.5. The molecule has 0 aromatic heterocycles. The first-order chi connectivity index (χ1) is 8.31. The first kappa shape index (κ1) is 16.9. The van der Waals surface area contributed by atoms with E-state index in [1.165, 1.54) is 0 Å². The maximum atomic E-state index is 11.5. The largest absolute Gasteiger partial charge is 0.394 e. The molecule has 0 fully saturated rings. The summed E-state index contributed by atoms with van der Waals surface area (Å²) >= 11 is 0. The van der Waals surface area contributed by atoms with Gasteiger partial charge in [0.05, 0.1) is 12.6 Å². The molecule has 0 radical (unpaired) electrons. The molecule has 0 heterocycles. The average molecular weight is 258 g/mol. The van der Waals surface area contributed by atoms with Gasteiger partial charge in [0.15, 0.2) is 0 Å². The zero-order chi connectivity index (χ0) is 14.2. The lowest BCUT2D eigenvalue weighted by Crippen LogP contribution is -2.38. The van der Waals surface area contributed by atoms with Crippen LogP contribution in [-0.2, 0) is 9.59 Å². The zero-order valence-electron chi connectivity index (χ0n) is 11.9. The minimum Gasteiger partial charge on any atom is -0.394 e. The molecule has 18 heavy (non-hydrogen) atoms. The van der Waals surface area contributed by atoms with Crippen molar-refractivity contribution in [3.63, 3.8) is 0 Å². The number of amides is 2. The van der Waals surface area contributed by atoms with Crippen molar-refractivity contribution in [2.24, 2.45) is 5.41 Å². The van der Waals surface area contributed by atoms with Crippen LogP contribution in [0, 0.1) is 5.41 Å². The Labute approximate surface area is 109 Å². The molecule has 0 saturated heterocycles. The Morgan fingerprint density at radius 1 is 1.28 bits per heavy atom. The van der Waals surface area contributed by atoms with Crippen LogP contribution in [0.4, 0.5) is 0 Å². The molecule has 5 heteroatoms. The number of nitrogens with one attached hydrogen (secondary N) is 2. The van der Waals surface area contributed by atoms with Crippen LogP contribution in [0.1, 0.15) is 47.0 Å². The van der Waals surface area contributed by atoms with Crippen LogP contribution >= 0.6 is 0 Å². The predicted octanol–water partition coefficient (Wildman–Crippen LogP) is 0.816. The van der Waals surface area contributed by atoms with Gasteiger partial charge < -0.3 is 15.7 Å². The summed E-state index contributed by atoms with van der Waals surface area (Å²) in [4.78, 5) is 23.0. The van der Waals surface area contributed by atoms with Gasteiger partial charge in [0.2, 0.25) is 11.8 Å². The molecule has 2 amide bonds. The van der Waals surface area contributed by atoms with E-state index < -0.39 is 5.41 Å². The quantitative estimate of drug-likeness (QED) is 0.591. The summed E-state index contributed by atoms with van der Waals surface area (Å²) in [6.45, 7) is 7.92. The van der Waals surface area contributed by atoms with Gasteiger partial charge in [0, 0.05) is 18.4 Å². The van der Waals surface area contributed by atoms with Crippen molar-refractivity contribution in [1.29, 1.82) is 0 Å². The molecule has 5 nitrogen and oxygen atoms in total. The standard InChI is InChI=1S/C13H26N2O3/c1-5-10(9-16)15-11(17)7-6-8-14-12(18)13(2,3)4/h10,16H,5-9H2,1-4H3,(H,14,18)(H,15,17)/t10-/m1/s1. The van der Waals surface area contributed by atoms with Crippen molar-refractivity contribution in [3.8, 4) is 0 Å². The molecule has 0 aromatic rings. The number of carbonyl (C=O) groups excluding carboxylic acids is 2. The lowest BCUT2D eigenvalue weighted by atomic mass is 9.96. The van der Waals surface area contributed by atoms with Crippen LogP contribution in [0.25, 0.3) is 0 Å². The van der Waals surface area contributed by atoms with E-state index >= 15 is 0 Å². The molecule has 0 aliphatic heterocycles. The molecule has 106 valence electrons. The lowest BCUT2D eigenvalue weighted by Gasteiger charge is -2.17. The van der Waals surface area contributed by atoms with Crippen LogP contribution in [0.2, 0.25) is 0 Å². The Morgan fingerprint density at radius 3 is 2.33 bits per heavy atom. The Hall–Kier alpha value is -1.10. The Kier molecular flexibility index (Phi) is 7.59. The van der Waals surface area contributed by atoms with E-state index in [4.69, 9.17) is 5.11 Å². The van der Waals surface area contributed by atoms with Crippen molar-refractivity contribution in [3.05, 3.63) is 0 Å².